The SMILES string of the molecule is O=C(CSc1cc(Cl)nc(Cl)c1)N[C@@H]1C(=O)N2C(C(=O)O)=C(/C=C\CCl)CS[C@H]12. The van der Waals surface area contributed by atoms with Crippen LogP contribution in [-0.4, -0.2) is 61.6 Å². The van der Waals surface area contributed by atoms with Crippen LogP contribution in [0.4, 0.5) is 0 Å². The summed E-state index contributed by atoms with van der Waals surface area (Å²) in [6.07, 6.45) is 3.24. The summed E-state index contributed by atoms with van der Waals surface area (Å²) in [6, 6.07) is 2.39. The second-order valence-corrected chi connectivity index (χ2v) is 9.16. The number of carbonyl (C=O) groups is 3. The Balaban J connectivity index is 1.63. The van der Waals surface area contributed by atoms with E-state index in [1.165, 1.54) is 28.4 Å². The first-order valence-corrected chi connectivity index (χ1v) is 11.5. The lowest BCUT2D eigenvalue weighted by atomic mass is 10.0. The molecule has 0 unspecified atom stereocenters. The number of amides is 2. The molecule has 0 aromatic carbocycles. The van der Waals surface area contributed by atoms with Crippen LogP contribution in [0.1, 0.15) is 0 Å². The summed E-state index contributed by atoms with van der Waals surface area (Å²) in [5.41, 5.74) is 0.445. The lowest BCUT2D eigenvalue weighted by Crippen LogP contribution is -2.70. The van der Waals surface area contributed by atoms with Crippen molar-refractivity contribution in [2.75, 3.05) is 17.4 Å². The van der Waals surface area contributed by atoms with Gasteiger partial charge in [0, 0.05) is 16.5 Å². The Morgan fingerprint density at radius 2 is 2.07 bits per heavy atom. The largest absolute Gasteiger partial charge is 0.477 e. The van der Waals surface area contributed by atoms with Gasteiger partial charge in [-0.1, -0.05) is 35.4 Å². The molecule has 0 radical (unpaired) electrons. The average Bonchev–Trinajstić information content (AvgIpc) is 2.67. The molecule has 1 aromatic rings. The van der Waals surface area contributed by atoms with Crippen molar-refractivity contribution >= 4 is 76.1 Å². The van der Waals surface area contributed by atoms with Gasteiger partial charge in [0.15, 0.2) is 0 Å². The number of carboxylic acids is 1. The van der Waals surface area contributed by atoms with Gasteiger partial charge in [-0.25, -0.2) is 9.78 Å². The Morgan fingerprint density at radius 3 is 2.69 bits per heavy atom. The summed E-state index contributed by atoms with van der Waals surface area (Å²) in [5.74, 6) is -1.31. The zero-order chi connectivity index (χ0) is 21.1. The molecule has 0 spiro atoms. The van der Waals surface area contributed by atoms with Gasteiger partial charge in [-0.05, 0) is 17.7 Å². The van der Waals surface area contributed by atoms with Gasteiger partial charge in [0.1, 0.15) is 27.4 Å². The number of carboxylic acid groups (broad SMARTS) is 1. The van der Waals surface area contributed by atoms with Crippen molar-refractivity contribution in [3.63, 3.8) is 0 Å². The summed E-state index contributed by atoms with van der Waals surface area (Å²) in [4.78, 5) is 42.2. The van der Waals surface area contributed by atoms with Crippen LogP contribution in [0.15, 0.2) is 40.5 Å². The topological polar surface area (TPSA) is 99.6 Å². The van der Waals surface area contributed by atoms with Crippen molar-refractivity contribution in [2.45, 2.75) is 16.3 Å². The summed E-state index contributed by atoms with van der Waals surface area (Å²) in [5, 5.41) is 12.2. The van der Waals surface area contributed by atoms with Crippen LogP contribution in [0, 0.1) is 0 Å². The summed E-state index contributed by atoms with van der Waals surface area (Å²) in [7, 11) is 0. The molecule has 1 fully saturated rings. The number of β-lactam (4-membered cyclic amide) rings is 1. The number of carbonyl (C=O) groups excluding carboxylic acids is 2. The smallest absolute Gasteiger partial charge is 0.352 e. The fourth-order valence-electron chi connectivity index (χ4n) is 2.85. The Hall–Kier alpha value is -1.39. The first-order valence-electron chi connectivity index (χ1n) is 8.20. The second kappa shape index (κ2) is 9.61. The van der Waals surface area contributed by atoms with E-state index in [0.29, 0.717) is 16.2 Å². The predicted octanol–water partition coefficient (Wildman–Crippen LogP) is 3.01. The number of fused-ring (bicyclic) bond motifs is 1. The summed E-state index contributed by atoms with van der Waals surface area (Å²) >= 11 is 19.9. The molecule has 3 rings (SSSR count). The van der Waals surface area contributed by atoms with Crippen molar-refractivity contribution in [3.05, 3.63) is 45.9 Å². The van der Waals surface area contributed by atoms with E-state index in [9.17, 15) is 19.5 Å². The van der Waals surface area contributed by atoms with E-state index in [4.69, 9.17) is 34.8 Å². The van der Waals surface area contributed by atoms with Crippen LogP contribution < -0.4 is 5.32 Å². The zero-order valence-electron chi connectivity index (χ0n) is 14.6. The van der Waals surface area contributed by atoms with Crippen molar-refractivity contribution in [1.29, 1.82) is 0 Å². The Bertz CT molecular complexity index is 905. The lowest BCUT2D eigenvalue weighted by Gasteiger charge is -2.49. The van der Waals surface area contributed by atoms with E-state index in [-0.39, 0.29) is 33.5 Å². The molecule has 1 aromatic heterocycles. The quantitative estimate of drug-likeness (QED) is 0.260. The molecule has 2 amide bonds. The number of nitrogens with zero attached hydrogens (tertiary/aromatic N) is 2. The standard InChI is InChI=1S/C17H14Cl3N3O4S2/c18-3-1-2-8-6-29-16-13(15(25)23(16)14(8)17(26)27)22-12(24)7-28-9-4-10(19)21-11(20)5-9/h1-2,4-5,13,16H,3,6-7H2,(H,22,24)(H,26,27)/b2-1-/t13-,16-/m1/s1. The van der Waals surface area contributed by atoms with E-state index in [1.807, 2.05) is 0 Å². The first-order chi connectivity index (χ1) is 13.8. The van der Waals surface area contributed by atoms with Gasteiger partial charge in [-0.3, -0.25) is 14.5 Å². The molecule has 2 aliphatic rings. The van der Waals surface area contributed by atoms with E-state index in [2.05, 4.69) is 10.3 Å². The van der Waals surface area contributed by atoms with Gasteiger partial charge in [0.2, 0.25) is 5.91 Å². The van der Waals surface area contributed by atoms with Gasteiger partial charge in [-0.2, -0.15) is 0 Å². The van der Waals surface area contributed by atoms with Gasteiger partial charge in [0.05, 0.1) is 5.75 Å². The van der Waals surface area contributed by atoms with Crippen molar-refractivity contribution in [2.24, 2.45) is 0 Å². The third-order valence-corrected chi connectivity index (χ3v) is 6.87. The van der Waals surface area contributed by atoms with Crippen LogP contribution in [0.3, 0.4) is 0 Å². The van der Waals surface area contributed by atoms with E-state index in [1.54, 1.807) is 24.3 Å². The minimum atomic E-state index is -1.19. The number of aromatic nitrogens is 1. The number of rotatable bonds is 7. The van der Waals surface area contributed by atoms with Crippen molar-refractivity contribution in [1.82, 2.24) is 15.2 Å². The number of pyridine rings is 1. The fraction of sp³-hybridized carbons (Fsp3) is 0.294. The Morgan fingerprint density at radius 1 is 1.38 bits per heavy atom. The molecular formula is C17H14Cl3N3O4S2. The molecule has 12 heteroatoms. The fourth-order valence-corrected chi connectivity index (χ4v) is 5.62. The maximum Gasteiger partial charge on any atom is 0.352 e. The number of halogens is 3. The molecule has 154 valence electrons. The highest BCUT2D eigenvalue weighted by Crippen LogP contribution is 2.40. The highest BCUT2D eigenvalue weighted by molar-refractivity contribution is 8.00. The van der Waals surface area contributed by atoms with E-state index in [0.717, 1.165) is 0 Å². The monoisotopic (exact) mass is 493 g/mol. The number of allylic oxidation sites excluding steroid dienone is 2. The van der Waals surface area contributed by atoms with Crippen molar-refractivity contribution in [3.8, 4) is 0 Å². The minimum absolute atomic E-state index is 0.0448. The molecule has 0 bridgehead atoms. The van der Waals surface area contributed by atoms with Crippen LogP contribution in [-0.2, 0) is 14.4 Å². The highest BCUT2D eigenvalue weighted by Gasteiger charge is 2.53. The third-order valence-electron chi connectivity index (χ3n) is 4.03. The predicted molar refractivity (Wildman–Crippen MR) is 115 cm³/mol. The number of alkyl halides is 1. The van der Waals surface area contributed by atoms with Crippen LogP contribution >= 0.6 is 58.3 Å². The molecular weight excluding hydrogens is 481 g/mol. The molecule has 2 aliphatic heterocycles. The van der Waals surface area contributed by atoms with Crippen LogP contribution in [0.25, 0.3) is 0 Å². The second-order valence-electron chi connectivity index (χ2n) is 5.93. The normalized spacial score (nSPS) is 21.2. The Labute approximate surface area is 189 Å². The average molecular weight is 495 g/mol. The van der Waals surface area contributed by atoms with Gasteiger partial charge in [-0.15, -0.1) is 35.1 Å². The van der Waals surface area contributed by atoms with Gasteiger partial charge in [0.25, 0.3) is 5.91 Å². The minimum Gasteiger partial charge on any atom is -0.477 e. The maximum atomic E-state index is 12.5. The molecule has 0 aliphatic carbocycles. The van der Waals surface area contributed by atoms with E-state index >= 15 is 0 Å². The molecule has 0 saturated carbocycles. The van der Waals surface area contributed by atoms with Crippen LogP contribution in [0.2, 0.25) is 10.3 Å². The van der Waals surface area contributed by atoms with Gasteiger partial charge >= 0.3 is 5.97 Å². The molecule has 29 heavy (non-hydrogen) atoms. The van der Waals surface area contributed by atoms with Gasteiger partial charge < -0.3 is 10.4 Å². The number of thioether (sulfide) groups is 2. The molecule has 2 atom stereocenters. The summed E-state index contributed by atoms with van der Waals surface area (Å²) < 4.78 is 0. The number of nitrogens with one attached hydrogen (secondary N) is 1. The van der Waals surface area contributed by atoms with Crippen molar-refractivity contribution < 1.29 is 19.5 Å². The Kier molecular flexibility index (Phi) is 7.39. The number of aliphatic carboxylic acids is 1. The maximum absolute atomic E-state index is 12.5. The summed E-state index contributed by atoms with van der Waals surface area (Å²) in [6.45, 7) is 0. The molecule has 2 N–H and O–H groups in total. The number of hydrogen-bond donors (Lipinski definition) is 2. The molecule has 1 saturated heterocycles. The lowest BCUT2D eigenvalue weighted by molar-refractivity contribution is -0.150. The number of hydrogen-bond acceptors (Lipinski definition) is 6. The van der Waals surface area contributed by atoms with Crippen LogP contribution in [0.5, 0.6) is 0 Å². The highest BCUT2D eigenvalue weighted by atomic mass is 35.5. The molecule has 3 heterocycles. The third kappa shape index (κ3) is 5.03. The zero-order valence-corrected chi connectivity index (χ0v) is 18.5. The van der Waals surface area contributed by atoms with E-state index < -0.39 is 23.3 Å². The molecule has 7 nitrogen and oxygen atoms in total. The first kappa shape index (κ1) is 22.3.